The molecule has 1 fully saturated rings. The number of imidazole rings is 1. The van der Waals surface area contributed by atoms with Gasteiger partial charge in [0.1, 0.15) is 0 Å². The van der Waals surface area contributed by atoms with Gasteiger partial charge in [-0.05, 0) is 25.7 Å². The number of hydrogen-bond donors (Lipinski definition) is 1. The molecule has 0 aliphatic carbocycles. The summed E-state index contributed by atoms with van der Waals surface area (Å²) >= 11 is 1.28. The predicted molar refractivity (Wildman–Crippen MR) is 68.9 cm³/mol. The van der Waals surface area contributed by atoms with Gasteiger partial charge in [0.2, 0.25) is 0 Å². The third-order valence-electron chi connectivity index (χ3n) is 2.99. The van der Waals surface area contributed by atoms with E-state index in [0.29, 0.717) is 5.92 Å². The van der Waals surface area contributed by atoms with Crippen LogP contribution in [-0.4, -0.2) is 39.6 Å². The average Bonchev–Trinajstić information content (AvgIpc) is 2.92. The third kappa shape index (κ3) is 3.74. The maximum Gasteiger partial charge on any atom is 0.313 e. The normalized spacial score (nSPS) is 19.3. The number of rotatable bonds is 6. The summed E-state index contributed by atoms with van der Waals surface area (Å²) in [5.41, 5.74) is 0.936. The van der Waals surface area contributed by atoms with Gasteiger partial charge in [0, 0.05) is 26.0 Å². The van der Waals surface area contributed by atoms with E-state index in [0.717, 1.165) is 43.5 Å². The number of thioether (sulfide) groups is 1. The van der Waals surface area contributed by atoms with E-state index in [9.17, 15) is 4.79 Å². The van der Waals surface area contributed by atoms with Gasteiger partial charge in [0.15, 0.2) is 5.16 Å². The number of nitrogens with zero attached hydrogens (tertiary/aromatic N) is 2. The second-order valence-corrected chi connectivity index (χ2v) is 5.50. The topological polar surface area (TPSA) is 64.3 Å². The molecule has 1 aromatic heterocycles. The molecule has 6 heteroatoms. The van der Waals surface area contributed by atoms with Crippen LogP contribution < -0.4 is 0 Å². The summed E-state index contributed by atoms with van der Waals surface area (Å²) in [4.78, 5) is 14.9. The minimum absolute atomic E-state index is 0.0585. The Morgan fingerprint density at radius 2 is 2.56 bits per heavy atom. The lowest BCUT2D eigenvalue weighted by Crippen LogP contribution is -2.07. The maximum absolute atomic E-state index is 10.6. The van der Waals surface area contributed by atoms with E-state index in [-0.39, 0.29) is 5.75 Å². The zero-order valence-electron chi connectivity index (χ0n) is 10.5. The molecule has 1 aromatic rings. The molecule has 100 valence electrons. The van der Waals surface area contributed by atoms with Crippen LogP contribution in [0.4, 0.5) is 0 Å². The number of ether oxygens (including phenoxy) is 1. The van der Waals surface area contributed by atoms with Crippen molar-refractivity contribution in [1.29, 1.82) is 0 Å². The minimum Gasteiger partial charge on any atom is -0.481 e. The summed E-state index contributed by atoms with van der Waals surface area (Å²) < 4.78 is 7.41. The van der Waals surface area contributed by atoms with Crippen LogP contribution in [0, 0.1) is 12.8 Å². The van der Waals surface area contributed by atoms with E-state index < -0.39 is 5.97 Å². The molecule has 0 saturated carbocycles. The Bertz CT molecular complexity index is 413. The van der Waals surface area contributed by atoms with Gasteiger partial charge >= 0.3 is 5.97 Å². The number of aromatic nitrogens is 2. The zero-order chi connectivity index (χ0) is 13.0. The van der Waals surface area contributed by atoms with Crippen molar-refractivity contribution in [3.05, 3.63) is 11.9 Å². The quantitative estimate of drug-likeness (QED) is 0.798. The van der Waals surface area contributed by atoms with Gasteiger partial charge < -0.3 is 14.4 Å². The standard InChI is InChI=1S/C12H18N2O3S/c1-9-6-14(4-2-10-3-5-17-7-10)12(13-9)18-8-11(15)16/h6,10H,2-5,7-8H2,1H3,(H,15,16). The molecule has 2 heterocycles. The lowest BCUT2D eigenvalue weighted by Gasteiger charge is -2.10. The fourth-order valence-electron chi connectivity index (χ4n) is 2.06. The van der Waals surface area contributed by atoms with Crippen LogP contribution in [0.1, 0.15) is 18.5 Å². The van der Waals surface area contributed by atoms with Crippen LogP contribution in [0.3, 0.4) is 0 Å². The summed E-state index contributed by atoms with van der Waals surface area (Å²) in [7, 11) is 0. The number of aliphatic carboxylic acids is 1. The highest BCUT2D eigenvalue weighted by molar-refractivity contribution is 7.99. The highest BCUT2D eigenvalue weighted by atomic mass is 32.2. The fraction of sp³-hybridized carbons (Fsp3) is 0.667. The van der Waals surface area contributed by atoms with Crippen molar-refractivity contribution in [2.45, 2.75) is 31.5 Å². The number of hydrogen-bond acceptors (Lipinski definition) is 4. The third-order valence-corrected chi connectivity index (χ3v) is 3.96. The fourth-order valence-corrected chi connectivity index (χ4v) is 2.83. The van der Waals surface area contributed by atoms with Gasteiger partial charge in [-0.15, -0.1) is 0 Å². The molecule has 1 aliphatic rings. The lowest BCUT2D eigenvalue weighted by atomic mass is 10.1. The van der Waals surface area contributed by atoms with E-state index in [4.69, 9.17) is 9.84 Å². The Balaban J connectivity index is 1.91. The van der Waals surface area contributed by atoms with E-state index in [1.165, 1.54) is 11.8 Å². The van der Waals surface area contributed by atoms with Gasteiger partial charge in [-0.1, -0.05) is 11.8 Å². The second kappa shape index (κ2) is 6.24. The second-order valence-electron chi connectivity index (χ2n) is 4.56. The molecule has 0 bridgehead atoms. The molecule has 1 aliphatic heterocycles. The molecule has 1 atom stereocenters. The smallest absolute Gasteiger partial charge is 0.313 e. The Morgan fingerprint density at radius 1 is 1.72 bits per heavy atom. The van der Waals surface area contributed by atoms with Gasteiger partial charge in [0.25, 0.3) is 0 Å². The molecule has 1 N–H and O–H groups in total. The molecule has 18 heavy (non-hydrogen) atoms. The average molecular weight is 270 g/mol. The van der Waals surface area contributed by atoms with Crippen LogP contribution in [0.2, 0.25) is 0 Å². The van der Waals surface area contributed by atoms with Gasteiger partial charge in [-0.2, -0.15) is 0 Å². The molecule has 0 radical (unpaired) electrons. The maximum atomic E-state index is 10.6. The van der Waals surface area contributed by atoms with Crippen molar-refractivity contribution in [2.75, 3.05) is 19.0 Å². The van der Waals surface area contributed by atoms with Gasteiger partial charge in [0.05, 0.1) is 11.4 Å². The number of aryl methyl sites for hydroxylation is 2. The van der Waals surface area contributed by atoms with Crippen LogP contribution in [0.15, 0.2) is 11.4 Å². The number of carbonyl (C=O) groups is 1. The van der Waals surface area contributed by atoms with E-state index in [1.807, 2.05) is 13.1 Å². The Morgan fingerprint density at radius 3 is 3.22 bits per heavy atom. The molecule has 0 amide bonds. The van der Waals surface area contributed by atoms with Crippen molar-refractivity contribution in [2.24, 2.45) is 5.92 Å². The van der Waals surface area contributed by atoms with Gasteiger partial charge in [-0.25, -0.2) is 4.98 Å². The molecular weight excluding hydrogens is 252 g/mol. The Labute approximate surface area is 111 Å². The Hall–Kier alpha value is -1.01. The van der Waals surface area contributed by atoms with Crippen LogP contribution in [0.5, 0.6) is 0 Å². The number of carboxylic acid groups (broad SMARTS) is 1. The van der Waals surface area contributed by atoms with Crippen LogP contribution in [0.25, 0.3) is 0 Å². The molecule has 1 unspecified atom stereocenters. The highest BCUT2D eigenvalue weighted by Crippen LogP contribution is 2.21. The van der Waals surface area contributed by atoms with Crippen LogP contribution >= 0.6 is 11.8 Å². The summed E-state index contributed by atoms with van der Waals surface area (Å²) in [5, 5.41) is 9.50. The van der Waals surface area contributed by atoms with E-state index >= 15 is 0 Å². The molecule has 0 aromatic carbocycles. The van der Waals surface area contributed by atoms with Crippen molar-refractivity contribution in [3.8, 4) is 0 Å². The minimum atomic E-state index is -0.809. The monoisotopic (exact) mass is 270 g/mol. The molecule has 0 spiro atoms. The highest BCUT2D eigenvalue weighted by Gasteiger charge is 2.16. The Kier molecular flexibility index (Phi) is 4.66. The summed E-state index contributed by atoms with van der Waals surface area (Å²) in [6, 6.07) is 0. The van der Waals surface area contributed by atoms with Gasteiger partial charge in [-0.3, -0.25) is 4.79 Å². The molecule has 1 saturated heterocycles. The summed E-state index contributed by atoms with van der Waals surface area (Å²) in [6.45, 7) is 4.54. The first-order chi connectivity index (χ1) is 8.65. The van der Waals surface area contributed by atoms with Crippen molar-refractivity contribution in [1.82, 2.24) is 9.55 Å². The van der Waals surface area contributed by atoms with E-state index in [1.54, 1.807) is 0 Å². The SMILES string of the molecule is Cc1cn(CCC2CCOC2)c(SCC(=O)O)n1. The van der Waals surface area contributed by atoms with Crippen LogP contribution in [-0.2, 0) is 16.1 Å². The molecule has 5 nitrogen and oxygen atoms in total. The van der Waals surface area contributed by atoms with Crippen molar-refractivity contribution < 1.29 is 14.6 Å². The molecule has 2 rings (SSSR count). The lowest BCUT2D eigenvalue weighted by molar-refractivity contribution is -0.133. The zero-order valence-corrected chi connectivity index (χ0v) is 11.3. The number of carboxylic acids is 1. The van der Waals surface area contributed by atoms with Crippen molar-refractivity contribution in [3.63, 3.8) is 0 Å². The largest absolute Gasteiger partial charge is 0.481 e. The first-order valence-electron chi connectivity index (χ1n) is 6.11. The van der Waals surface area contributed by atoms with E-state index in [2.05, 4.69) is 9.55 Å². The first kappa shape index (κ1) is 13.4. The molecular formula is C12H18N2O3S. The predicted octanol–water partition coefficient (Wildman–Crippen LogP) is 1.79. The van der Waals surface area contributed by atoms with Crippen molar-refractivity contribution >= 4 is 17.7 Å². The summed E-state index contributed by atoms with van der Waals surface area (Å²) in [5.74, 6) is -0.121. The summed E-state index contributed by atoms with van der Waals surface area (Å²) in [6.07, 6.45) is 4.18. The first-order valence-corrected chi connectivity index (χ1v) is 7.10.